The largest absolute Gasteiger partial charge is 0.481 e. The van der Waals surface area contributed by atoms with Crippen LogP contribution in [0.25, 0.3) is 21.6 Å². The zero-order valence-electron chi connectivity index (χ0n) is 17.0. The number of hydrogen-bond donors (Lipinski definition) is 0. The molecule has 4 heteroatoms. The lowest BCUT2D eigenvalue weighted by molar-refractivity contribution is 0.217. The molecule has 0 spiro atoms. The van der Waals surface area contributed by atoms with Crippen LogP contribution < -0.4 is 4.74 Å². The zero-order valence-corrected chi connectivity index (χ0v) is 17.8. The zero-order chi connectivity index (χ0) is 20.5. The molecule has 0 N–H and O–H groups in total. The van der Waals surface area contributed by atoms with E-state index in [9.17, 15) is 8.78 Å². The second-order valence-electron chi connectivity index (χ2n) is 8.54. The molecule has 2 saturated carbocycles. The first kappa shape index (κ1) is 19.7. The van der Waals surface area contributed by atoms with Crippen LogP contribution in [0.15, 0.2) is 48.5 Å². The molecule has 1 heterocycles. The number of ether oxygens (including phenoxy) is 1. The van der Waals surface area contributed by atoms with Crippen molar-refractivity contribution >= 4 is 11.3 Å². The highest BCUT2D eigenvalue weighted by atomic mass is 32.1. The van der Waals surface area contributed by atoms with E-state index in [1.165, 1.54) is 55.4 Å². The van der Waals surface area contributed by atoms with Crippen LogP contribution in [0, 0.1) is 11.6 Å². The predicted molar refractivity (Wildman–Crippen MR) is 119 cm³/mol. The number of halogens is 2. The first-order chi connectivity index (χ1) is 14.7. The maximum absolute atomic E-state index is 15.0. The summed E-state index contributed by atoms with van der Waals surface area (Å²) in [6.07, 6.45) is 9.82. The Balaban J connectivity index is 1.38. The molecule has 5 rings (SSSR count). The summed E-state index contributed by atoms with van der Waals surface area (Å²) in [7, 11) is 0. The van der Waals surface area contributed by atoms with Gasteiger partial charge in [-0.25, -0.2) is 8.78 Å². The molecule has 0 aliphatic heterocycles. The van der Waals surface area contributed by atoms with Crippen molar-refractivity contribution in [3.8, 4) is 26.6 Å². The standard InChI is InChI=1S/C26H26F2OS/c27-25-21(19-11-9-18(10-12-19)17-5-1-2-6-17)13-14-22(26(25)28)23-15-16-24(30-23)29-20-7-3-4-8-20/h9-17,20H,1-8H2. The van der Waals surface area contributed by atoms with Gasteiger partial charge in [0.15, 0.2) is 16.7 Å². The molecule has 0 atom stereocenters. The smallest absolute Gasteiger partial charge is 0.174 e. The van der Waals surface area contributed by atoms with Gasteiger partial charge in [0.2, 0.25) is 0 Å². The summed E-state index contributed by atoms with van der Waals surface area (Å²) in [6, 6.07) is 15.0. The Bertz CT molecular complexity index is 1010. The quantitative estimate of drug-likeness (QED) is 0.400. The van der Waals surface area contributed by atoms with Crippen LogP contribution in [-0.4, -0.2) is 6.10 Å². The highest BCUT2D eigenvalue weighted by Crippen LogP contribution is 2.39. The van der Waals surface area contributed by atoms with Crippen molar-refractivity contribution in [1.29, 1.82) is 0 Å². The van der Waals surface area contributed by atoms with Gasteiger partial charge in [-0.1, -0.05) is 54.5 Å². The van der Waals surface area contributed by atoms with E-state index in [1.54, 1.807) is 12.1 Å². The third kappa shape index (κ3) is 3.90. The van der Waals surface area contributed by atoms with Crippen molar-refractivity contribution in [2.24, 2.45) is 0 Å². The minimum absolute atomic E-state index is 0.257. The number of thiophene rings is 1. The molecule has 0 bridgehead atoms. The number of rotatable bonds is 5. The van der Waals surface area contributed by atoms with Crippen LogP contribution in [0.2, 0.25) is 0 Å². The summed E-state index contributed by atoms with van der Waals surface area (Å²) in [5, 5.41) is 0.781. The van der Waals surface area contributed by atoms with Crippen molar-refractivity contribution in [3.05, 3.63) is 65.7 Å². The highest BCUT2D eigenvalue weighted by Gasteiger charge is 2.21. The Kier molecular flexibility index (Phi) is 5.60. The van der Waals surface area contributed by atoms with Gasteiger partial charge in [0.25, 0.3) is 0 Å². The van der Waals surface area contributed by atoms with Crippen LogP contribution in [0.4, 0.5) is 8.78 Å². The van der Waals surface area contributed by atoms with Gasteiger partial charge in [-0.3, -0.25) is 0 Å². The fourth-order valence-corrected chi connectivity index (χ4v) is 5.80. The van der Waals surface area contributed by atoms with E-state index in [0.717, 1.165) is 23.5 Å². The monoisotopic (exact) mass is 424 g/mol. The predicted octanol–water partition coefficient (Wildman–Crippen LogP) is 8.34. The van der Waals surface area contributed by atoms with Crippen LogP contribution >= 0.6 is 11.3 Å². The molecular formula is C26H26F2OS. The molecule has 3 aromatic rings. The molecule has 30 heavy (non-hydrogen) atoms. The Morgan fingerprint density at radius 1 is 0.700 bits per heavy atom. The van der Waals surface area contributed by atoms with Gasteiger partial charge in [0, 0.05) is 16.0 Å². The van der Waals surface area contributed by atoms with Gasteiger partial charge < -0.3 is 4.74 Å². The summed E-state index contributed by atoms with van der Waals surface area (Å²) in [6.45, 7) is 0. The Morgan fingerprint density at radius 3 is 2.07 bits per heavy atom. The molecule has 1 nitrogen and oxygen atoms in total. The van der Waals surface area contributed by atoms with Crippen molar-refractivity contribution in [1.82, 2.24) is 0 Å². The van der Waals surface area contributed by atoms with E-state index >= 15 is 0 Å². The molecule has 2 fully saturated rings. The highest BCUT2D eigenvalue weighted by molar-refractivity contribution is 7.17. The molecule has 0 amide bonds. The third-order valence-electron chi connectivity index (χ3n) is 6.56. The third-order valence-corrected chi connectivity index (χ3v) is 7.57. The molecule has 0 saturated heterocycles. The first-order valence-electron chi connectivity index (χ1n) is 11.0. The van der Waals surface area contributed by atoms with Crippen molar-refractivity contribution in [3.63, 3.8) is 0 Å². The molecule has 156 valence electrons. The Morgan fingerprint density at radius 2 is 1.33 bits per heavy atom. The van der Waals surface area contributed by atoms with Crippen LogP contribution in [0.3, 0.4) is 0 Å². The van der Waals surface area contributed by atoms with Gasteiger partial charge in [-0.15, -0.1) is 0 Å². The fraction of sp³-hybridized carbons (Fsp3) is 0.385. The molecular weight excluding hydrogens is 398 g/mol. The Hall–Kier alpha value is -2.20. The normalized spacial score (nSPS) is 17.7. The maximum atomic E-state index is 15.0. The van der Waals surface area contributed by atoms with Gasteiger partial charge in [-0.05, 0) is 73.8 Å². The van der Waals surface area contributed by atoms with Gasteiger partial charge in [0.05, 0.1) is 6.10 Å². The van der Waals surface area contributed by atoms with Gasteiger partial charge in [-0.2, -0.15) is 0 Å². The number of hydrogen-bond acceptors (Lipinski definition) is 2. The lowest BCUT2D eigenvalue weighted by Gasteiger charge is -2.12. The SMILES string of the molecule is Fc1c(-c2ccc(C3CCCC3)cc2)ccc(-c2ccc(OC3CCCC3)s2)c1F. The molecule has 0 unspecified atom stereocenters. The van der Waals surface area contributed by atoms with E-state index in [0.29, 0.717) is 21.9 Å². The summed E-state index contributed by atoms with van der Waals surface area (Å²) in [5.41, 5.74) is 2.64. The Labute approximate surface area is 180 Å². The van der Waals surface area contributed by atoms with Crippen LogP contribution in [-0.2, 0) is 0 Å². The fourth-order valence-electron chi connectivity index (χ4n) is 4.86. The van der Waals surface area contributed by atoms with E-state index in [1.807, 2.05) is 24.3 Å². The summed E-state index contributed by atoms with van der Waals surface area (Å²) >= 11 is 1.38. The van der Waals surface area contributed by atoms with E-state index in [2.05, 4.69) is 12.1 Å². The second kappa shape index (κ2) is 8.50. The second-order valence-corrected chi connectivity index (χ2v) is 9.58. The van der Waals surface area contributed by atoms with Crippen molar-refractivity contribution < 1.29 is 13.5 Å². The average Bonchev–Trinajstić information content (AvgIpc) is 3.54. The lowest BCUT2D eigenvalue weighted by Crippen LogP contribution is -2.09. The lowest BCUT2D eigenvalue weighted by atomic mass is 9.94. The summed E-state index contributed by atoms with van der Waals surface area (Å²) in [4.78, 5) is 0.697. The van der Waals surface area contributed by atoms with E-state index < -0.39 is 11.6 Å². The van der Waals surface area contributed by atoms with Gasteiger partial charge >= 0.3 is 0 Å². The minimum Gasteiger partial charge on any atom is -0.481 e. The molecule has 2 aliphatic rings. The first-order valence-corrected chi connectivity index (χ1v) is 11.9. The summed E-state index contributed by atoms with van der Waals surface area (Å²) < 4.78 is 35.9. The molecule has 1 aromatic heterocycles. The molecule has 2 aromatic carbocycles. The molecule has 0 radical (unpaired) electrons. The van der Waals surface area contributed by atoms with Crippen molar-refractivity contribution in [2.75, 3.05) is 0 Å². The maximum Gasteiger partial charge on any atom is 0.174 e. The average molecular weight is 425 g/mol. The van der Waals surface area contributed by atoms with Gasteiger partial charge in [0.1, 0.15) is 0 Å². The summed E-state index contributed by atoms with van der Waals surface area (Å²) in [5.74, 6) is -0.961. The van der Waals surface area contributed by atoms with Crippen LogP contribution in [0.5, 0.6) is 5.06 Å². The number of benzene rings is 2. The van der Waals surface area contributed by atoms with Crippen LogP contribution in [0.1, 0.15) is 62.8 Å². The minimum atomic E-state index is -0.790. The van der Waals surface area contributed by atoms with E-state index in [-0.39, 0.29) is 6.10 Å². The van der Waals surface area contributed by atoms with E-state index in [4.69, 9.17) is 4.74 Å². The topological polar surface area (TPSA) is 9.23 Å². The molecule has 2 aliphatic carbocycles. The van der Waals surface area contributed by atoms with Crippen molar-refractivity contribution in [2.45, 2.75) is 63.4 Å².